The van der Waals surface area contributed by atoms with Crippen molar-refractivity contribution in [3.05, 3.63) is 23.4 Å². The molecule has 2 aromatic rings. The quantitative estimate of drug-likeness (QED) is 0.816. The van der Waals surface area contributed by atoms with Gasteiger partial charge in [-0.15, -0.1) is 0 Å². The van der Waals surface area contributed by atoms with E-state index in [0.29, 0.717) is 5.76 Å². The Morgan fingerprint density at radius 3 is 2.53 bits per heavy atom. The van der Waals surface area contributed by atoms with Crippen LogP contribution in [0.2, 0.25) is 0 Å². The van der Waals surface area contributed by atoms with E-state index < -0.39 is 0 Å². The topological polar surface area (TPSA) is 70.5 Å². The third kappa shape index (κ3) is 1.51. The Kier molecular flexibility index (Phi) is 2.01. The molecule has 0 spiro atoms. The van der Waals surface area contributed by atoms with Gasteiger partial charge < -0.3 is 19.6 Å². The summed E-state index contributed by atoms with van der Waals surface area (Å²) in [5.41, 5.74) is 8.28. The summed E-state index contributed by atoms with van der Waals surface area (Å²) in [6.07, 6.45) is 0. The Morgan fingerprint density at radius 1 is 1.18 bits per heavy atom. The van der Waals surface area contributed by atoms with Gasteiger partial charge >= 0.3 is 0 Å². The molecule has 5 nitrogen and oxygen atoms in total. The molecule has 0 saturated carbocycles. The van der Waals surface area contributed by atoms with Gasteiger partial charge in [-0.05, 0) is 31.5 Å². The summed E-state index contributed by atoms with van der Waals surface area (Å²) in [6.45, 7) is 4.10. The molecular formula is C12H12N2O3. The summed E-state index contributed by atoms with van der Waals surface area (Å²) in [4.78, 5) is 4.06. The number of aromatic nitrogens is 1. The van der Waals surface area contributed by atoms with Crippen molar-refractivity contribution in [1.82, 2.24) is 4.98 Å². The molecule has 1 aliphatic heterocycles. The van der Waals surface area contributed by atoms with Crippen molar-refractivity contribution in [2.75, 3.05) is 12.5 Å². The second-order valence-corrected chi connectivity index (χ2v) is 3.99. The zero-order valence-corrected chi connectivity index (χ0v) is 9.61. The number of benzene rings is 1. The van der Waals surface area contributed by atoms with Crippen molar-refractivity contribution >= 4 is 6.01 Å². The number of hydrogen-bond donors (Lipinski definition) is 1. The van der Waals surface area contributed by atoms with Crippen LogP contribution in [0.15, 0.2) is 16.5 Å². The molecule has 0 amide bonds. The lowest BCUT2D eigenvalue weighted by molar-refractivity contribution is 0.174. The van der Waals surface area contributed by atoms with Gasteiger partial charge in [-0.2, -0.15) is 4.98 Å². The highest BCUT2D eigenvalue weighted by Gasteiger charge is 2.19. The molecule has 0 atom stereocenters. The Morgan fingerprint density at radius 2 is 1.88 bits per heavy atom. The third-order valence-corrected chi connectivity index (χ3v) is 2.78. The molecule has 5 heteroatoms. The van der Waals surface area contributed by atoms with E-state index in [9.17, 15) is 0 Å². The molecule has 0 unspecified atom stereocenters. The minimum atomic E-state index is 0.176. The van der Waals surface area contributed by atoms with Gasteiger partial charge in [-0.3, -0.25) is 0 Å². The Labute approximate surface area is 98.2 Å². The predicted molar refractivity (Wildman–Crippen MR) is 61.9 cm³/mol. The van der Waals surface area contributed by atoms with Crippen LogP contribution in [0.25, 0.3) is 11.3 Å². The molecule has 88 valence electrons. The predicted octanol–water partition coefficient (Wildman–Crippen LogP) is 2.27. The second-order valence-electron chi connectivity index (χ2n) is 3.99. The first kappa shape index (κ1) is 10.0. The summed E-state index contributed by atoms with van der Waals surface area (Å²) < 4.78 is 16.1. The summed E-state index contributed by atoms with van der Waals surface area (Å²) in [5, 5.41) is 0. The van der Waals surface area contributed by atoms with E-state index in [4.69, 9.17) is 19.6 Å². The highest BCUT2D eigenvalue weighted by Crippen LogP contribution is 2.39. The lowest BCUT2D eigenvalue weighted by Crippen LogP contribution is -1.92. The summed E-state index contributed by atoms with van der Waals surface area (Å²) in [6, 6.07) is 4.00. The van der Waals surface area contributed by atoms with Gasteiger partial charge in [-0.1, -0.05) is 0 Å². The first-order valence-electron chi connectivity index (χ1n) is 5.28. The molecule has 0 fully saturated rings. The molecule has 0 radical (unpaired) electrons. The van der Waals surface area contributed by atoms with Gasteiger partial charge in [0.1, 0.15) is 0 Å². The molecule has 0 aliphatic carbocycles. The van der Waals surface area contributed by atoms with Gasteiger partial charge in [0.05, 0.1) is 5.69 Å². The van der Waals surface area contributed by atoms with E-state index in [2.05, 4.69) is 4.98 Å². The van der Waals surface area contributed by atoms with Crippen LogP contribution in [0.1, 0.15) is 11.3 Å². The Hall–Kier alpha value is -2.17. The van der Waals surface area contributed by atoms with Crippen LogP contribution in [0.3, 0.4) is 0 Å². The number of anilines is 1. The van der Waals surface area contributed by atoms with E-state index >= 15 is 0 Å². The molecule has 1 aromatic carbocycles. The van der Waals surface area contributed by atoms with Crippen LogP contribution in [-0.2, 0) is 0 Å². The van der Waals surface area contributed by atoms with Crippen molar-refractivity contribution in [2.45, 2.75) is 13.8 Å². The van der Waals surface area contributed by atoms with Gasteiger partial charge in [0.2, 0.25) is 6.79 Å². The minimum Gasteiger partial charge on any atom is -0.454 e. The van der Waals surface area contributed by atoms with E-state index in [0.717, 1.165) is 28.3 Å². The zero-order chi connectivity index (χ0) is 12.0. The molecule has 0 bridgehead atoms. The maximum Gasteiger partial charge on any atom is 0.292 e. The Balaban J connectivity index is 2.18. The van der Waals surface area contributed by atoms with Gasteiger partial charge in [0.25, 0.3) is 6.01 Å². The average molecular weight is 232 g/mol. The van der Waals surface area contributed by atoms with E-state index in [1.807, 2.05) is 26.0 Å². The monoisotopic (exact) mass is 232 g/mol. The van der Waals surface area contributed by atoms with Gasteiger partial charge in [0, 0.05) is 5.56 Å². The molecule has 1 aliphatic rings. The van der Waals surface area contributed by atoms with Crippen LogP contribution in [0.4, 0.5) is 6.01 Å². The number of hydrogen-bond acceptors (Lipinski definition) is 5. The first-order chi connectivity index (χ1) is 8.15. The van der Waals surface area contributed by atoms with Crippen molar-refractivity contribution in [2.24, 2.45) is 0 Å². The fraction of sp³-hybridized carbons (Fsp3) is 0.250. The molecule has 2 heterocycles. The summed E-state index contributed by atoms with van der Waals surface area (Å²) >= 11 is 0. The number of nitrogens with two attached hydrogens (primary N) is 1. The van der Waals surface area contributed by atoms with Gasteiger partial charge in [0.15, 0.2) is 17.3 Å². The van der Waals surface area contributed by atoms with E-state index in [-0.39, 0.29) is 12.8 Å². The number of rotatable bonds is 1. The number of nitrogen functional groups attached to an aromatic ring is 1. The van der Waals surface area contributed by atoms with Crippen molar-refractivity contribution in [3.63, 3.8) is 0 Å². The zero-order valence-electron chi connectivity index (χ0n) is 9.61. The molecule has 2 N–H and O–H groups in total. The Bertz CT molecular complexity index is 590. The average Bonchev–Trinajstić information content (AvgIpc) is 2.83. The largest absolute Gasteiger partial charge is 0.454 e. The van der Waals surface area contributed by atoms with Crippen LogP contribution in [-0.4, -0.2) is 11.8 Å². The molecular weight excluding hydrogens is 220 g/mol. The van der Waals surface area contributed by atoms with Crippen LogP contribution in [0.5, 0.6) is 11.5 Å². The molecule has 0 saturated heterocycles. The number of aryl methyl sites for hydroxylation is 2. The molecule has 3 rings (SSSR count). The lowest BCUT2D eigenvalue weighted by Gasteiger charge is -2.05. The van der Waals surface area contributed by atoms with E-state index in [1.54, 1.807) is 0 Å². The normalized spacial score (nSPS) is 13.1. The van der Waals surface area contributed by atoms with Crippen LogP contribution >= 0.6 is 0 Å². The first-order valence-corrected chi connectivity index (χ1v) is 5.28. The minimum absolute atomic E-state index is 0.176. The molecule has 17 heavy (non-hydrogen) atoms. The lowest BCUT2D eigenvalue weighted by atomic mass is 10.0. The van der Waals surface area contributed by atoms with Crippen LogP contribution < -0.4 is 15.2 Å². The number of oxazole rings is 1. The maximum atomic E-state index is 5.55. The number of ether oxygens (including phenoxy) is 2. The van der Waals surface area contributed by atoms with Crippen molar-refractivity contribution in [3.8, 4) is 22.8 Å². The summed E-state index contributed by atoms with van der Waals surface area (Å²) in [5.74, 6) is 2.16. The fourth-order valence-electron chi connectivity index (χ4n) is 1.96. The number of nitrogens with zero attached hydrogens (tertiary/aromatic N) is 1. The standard InChI is InChI=1S/C12H12N2O3/c1-6-3-9-10(16-5-15-9)4-8(6)11-7(2)14-12(13)17-11/h3-4H,5H2,1-2H3,(H2,13,14). The maximum absolute atomic E-state index is 5.55. The SMILES string of the molecule is Cc1cc2c(cc1-c1oc(N)nc1C)OCO2. The highest BCUT2D eigenvalue weighted by atomic mass is 16.7. The smallest absolute Gasteiger partial charge is 0.292 e. The van der Waals surface area contributed by atoms with Crippen LogP contribution in [0, 0.1) is 13.8 Å². The number of fused-ring (bicyclic) bond motifs is 1. The van der Waals surface area contributed by atoms with Crippen molar-refractivity contribution in [1.29, 1.82) is 0 Å². The molecule has 1 aromatic heterocycles. The summed E-state index contributed by atoms with van der Waals surface area (Å²) in [7, 11) is 0. The second kappa shape index (κ2) is 3.41. The van der Waals surface area contributed by atoms with Crippen molar-refractivity contribution < 1.29 is 13.9 Å². The highest BCUT2D eigenvalue weighted by molar-refractivity contribution is 5.69. The van der Waals surface area contributed by atoms with E-state index in [1.165, 1.54) is 0 Å². The van der Waals surface area contributed by atoms with Gasteiger partial charge in [-0.25, -0.2) is 0 Å². The third-order valence-electron chi connectivity index (χ3n) is 2.78. The fourth-order valence-corrected chi connectivity index (χ4v) is 1.96.